The molecule has 0 amide bonds. The molecule has 0 bridgehead atoms. The minimum atomic E-state index is -0.471. The summed E-state index contributed by atoms with van der Waals surface area (Å²) in [7, 11) is 0. The molecule has 1 aliphatic carbocycles. The molecular weight excluding hydrogens is 177 g/mol. The summed E-state index contributed by atoms with van der Waals surface area (Å²) >= 11 is 5.78. The minimum absolute atomic E-state index is 0.129. The summed E-state index contributed by atoms with van der Waals surface area (Å²) in [6.45, 7) is 0. The Bertz CT molecular complexity index is 321. The molecule has 1 aromatic carbocycles. The molecule has 3 heteroatoms. The fourth-order valence-electron chi connectivity index (χ4n) is 1.29. The number of hydrogen-bond donors (Lipinski definition) is 1. The lowest BCUT2D eigenvalue weighted by atomic mass is 10.1. The van der Waals surface area contributed by atoms with Crippen LogP contribution in [0.5, 0.6) is 0 Å². The van der Waals surface area contributed by atoms with Crippen LogP contribution in [0.2, 0.25) is 5.02 Å². The van der Waals surface area contributed by atoms with Crippen molar-refractivity contribution in [2.45, 2.75) is 18.8 Å². The lowest BCUT2D eigenvalue weighted by Crippen LogP contribution is -1.94. The highest BCUT2D eigenvalue weighted by Gasteiger charge is 2.27. The average Bonchev–Trinajstić information content (AvgIpc) is 2.84. The van der Waals surface area contributed by atoms with Gasteiger partial charge in [0.2, 0.25) is 0 Å². The van der Waals surface area contributed by atoms with Gasteiger partial charge in [0.15, 0.2) is 5.82 Å². The van der Waals surface area contributed by atoms with Crippen LogP contribution < -0.4 is 5.73 Å². The summed E-state index contributed by atoms with van der Waals surface area (Å²) < 4.78 is 13.1. The summed E-state index contributed by atoms with van der Waals surface area (Å²) in [6, 6.07) is 3.40. The Labute approximate surface area is 75.3 Å². The van der Waals surface area contributed by atoms with Gasteiger partial charge in [-0.3, -0.25) is 0 Å². The largest absolute Gasteiger partial charge is 0.396 e. The van der Waals surface area contributed by atoms with E-state index >= 15 is 0 Å². The summed E-state index contributed by atoms with van der Waals surface area (Å²) in [6.07, 6.45) is 2.23. The van der Waals surface area contributed by atoms with Gasteiger partial charge in [0.1, 0.15) is 0 Å². The van der Waals surface area contributed by atoms with E-state index in [0.717, 1.165) is 18.4 Å². The third-order valence-corrected chi connectivity index (χ3v) is 2.54. The highest BCUT2D eigenvalue weighted by atomic mass is 35.5. The van der Waals surface area contributed by atoms with Crippen LogP contribution in [0.1, 0.15) is 24.3 Å². The second-order valence-corrected chi connectivity index (χ2v) is 3.52. The van der Waals surface area contributed by atoms with E-state index < -0.39 is 5.82 Å². The van der Waals surface area contributed by atoms with Crippen LogP contribution in [-0.2, 0) is 0 Å². The molecule has 64 valence electrons. The van der Waals surface area contributed by atoms with Crippen LogP contribution in [-0.4, -0.2) is 0 Å². The number of anilines is 1. The van der Waals surface area contributed by atoms with Crippen molar-refractivity contribution < 1.29 is 4.39 Å². The van der Waals surface area contributed by atoms with Crippen molar-refractivity contribution in [3.05, 3.63) is 28.5 Å². The Morgan fingerprint density at radius 2 is 2.08 bits per heavy atom. The van der Waals surface area contributed by atoms with Crippen molar-refractivity contribution in [3.8, 4) is 0 Å². The van der Waals surface area contributed by atoms with Gasteiger partial charge in [-0.2, -0.15) is 0 Å². The summed E-state index contributed by atoms with van der Waals surface area (Å²) in [5, 5.41) is 0.206. The summed E-state index contributed by atoms with van der Waals surface area (Å²) in [5.41, 5.74) is 6.39. The van der Waals surface area contributed by atoms with Crippen LogP contribution in [0, 0.1) is 5.82 Å². The van der Waals surface area contributed by atoms with Gasteiger partial charge in [0, 0.05) is 0 Å². The van der Waals surface area contributed by atoms with Crippen LogP contribution in [0.4, 0.5) is 10.1 Å². The van der Waals surface area contributed by atoms with Gasteiger partial charge in [-0.05, 0) is 30.4 Å². The Morgan fingerprint density at radius 1 is 1.42 bits per heavy atom. The molecule has 1 aliphatic rings. The standard InChI is InChI=1S/C9H9ClFN/c10-8-6(5-1-2-5)3-4-7(12)9(8)11/h3-5H,1-2,12H2. The molecule has 2 N–H and O–H groups in total. The zero-order chi connectivity index (χ0) is 8.72. The van der Waals surface area contributed by atoms with Gasteiger partial charge in [0.25, 0.3) is 0 Å². The third kappa shape index (κ3) is 1.16. The Hall–Kier alpha value is -0.760. The van der Waals surface area contributed by atoms with Crippen molar-refractivity contribution in [1.82, 2.24) is 0 Å². The zero-order valence-electron chi connectivity index (χ0n) is 6.48. The van der Waals surface area contributed by atoms with Crippen LogP contribution in [0.15, 0.2) is 12.1 Å². The van der Waals surface area contributed by atoms with Crippen LogP contribution >= 0.6 is 11.6 Å². The Kier molecular flexibility index (Phi) is 1.72. The molecule has 0 radical (unpaired) electrons. The predicted molar refractivity (Wildman–Crippen MR) is 47.8 cm³/mol. The van der Waals surface area contributed by atoms with Crippen molar-refractivity contribution in [3.63, 3.8) is 0 Å². The monoisotopic (exact) mass is 185 g/mol. The number of rotatable bonds is 1. The number of nitrogen functional groups attached to an aromatic ring is 1. The minimum Gasteiger partial charge on any atom is -0.396 e. The van der Waals surface area contributed by atoms with Gasteiger partial charge < -0.3 is 5.73 Å². The summed E-state index contributed by atoms with van der Waals surface area (Å²) in [4.78, 5) is 0. The van der Waals surface area contributed by atoms with Crippen LogP contribution in [0.3, 0.4) is 0 Å². The molecule has 2 rings (SSSR count). The quantitative estimate of drug-likeness (QED) is 0.669. The van der Waals surface area contributed by atoms with E-state index in [0.29, 0.717) is 5.92 Å². The first-order valence-corrected chi connectivity index (χ1v) is 4.31. The van der Waals surface area contributed by atoms with Gasteiger partial charge in [-0.25, -0.2) is 4.39 Å². The highest BCUT2D eigenvalue weighted by molar-refractivity contribution is 6.31. The molecule has 0 aromatic heterocycles. The third-order valence-electron chi connectivity index (χ3n) is 2.16. The van der Waals surface area contributed by atoms with E-state index in [9.17, 15) is 4.39 Å². The first-order valence-electron chi connectivity index (χ1n) is 3.93. The van der Waals surface area contributed by atoms with Crippen molar-refractivity contribution in [2.24, 2.45) is 0 Å². The van der Waals surface area contributed by atoms with Crippen LogP contribution in [0.25, 0.3) is 0 Å². The van der Waals surface area contributed by atoms with Crippen molar-refractivity contribution in [1.29, 1.82) is 0 Å². The normalized spacial score (nSPS) is 16.5. The molecule has 12 heavy (non-hydrogen) atoms. The Morgan fingerprint density at radius 3 is 2.67 bits per heavy atom. The van der Waals surface area contributed by atoms with Gasteiger partial charge >= 0.3 is 0 Å². The summed E-state index contributed by atoms with van der Waals surface area (Å²) in [5.74, 6) is -0.00586. The Balaban J connectivity index is 2.49. The lowest BCUT2D eigenvalue weighted by Gasteiger charge is -2.04. The number of benzene rings is 1. The molecule has 1 nitrogen and oxygen atoms in total. The van der Waals surface area contributed by atoms with E-state index in [-0.39, 0.29) is 10.7 Å². The molecule has 1 aromatic rings. The van der Waals surface area contributed by atoms with Crippen molar-refractivity contribution >= 4 is 17.3 Å². The molecule has 0 saturated heterocycles. The maximum absolute atomic E-state index is 13.1. The van der Waals surface area contributed by atoms with E-state index in [1.807, 2.05) is 6.07 Å². The lowest BCUT2D eigenvalue weighted by molar-refractivity contribution is 0.630. The van der Waals surface area contributed by atoms with E-state index in [1.54, 1.807) is 6.07 Å². The average molecular weight is 186 g/mol. The maximum Gasteiger partial charge on any atom is 0.164 e. The number of hydrogen-bond acceptors (Lipinski definition) is 1. The smallest absolute Gasteiger partial charge is 0.164 e. The predicted octanol–water partition coefficient (Wildman–Crippen LogP) is 2.94. The first kappa shape index (κ1) is 7.87. The SMILES string of the molecule is Nc1ccc(C2CC2)c(Cl)c1F. The van der Waals surface area contributed by atoms with Crippen molar-refractivity contribution in [2.75, 3.05) is 5.73 Å². The molecule has 0 spiro atoms. The molecule has 0 atom stereocenters. The van der Waals surface area contributed by atoms with Gasteiger partial charge in [-0.15, -0.1) is 0 Å². The fourth-order valence-corrected chi connectivity index (χ4v) is 1.62. The van der Waals surface area contributed by atoms with Gasteiger partial charge in [-0.1, -0.05) is 17.7 Å². The van der Waals surface area contributed by atoms with E-state index in [4.69, 9.17) is 17.3 Å². The molecule has 0 unspecified atom stereocenters. The van der Waals surface area contributed by atoms with E-state index in [1.165, 1.54) is 0 Å². The molecule has 1 saturated carbocycles. The number of nitrogens with two attached hydrogens (primary N) is 1. The van der Waals surface area contributed by atoms with Gasteiger partial charge in [0.05, 0.1) is 10.7 Å². The zero-order valence-corrected chi connectivity index (χ0v) is 7.24. The molecule has 1 fully saturated rings. The molecule has 0 heterocycles. The topological polar surface area (TPSA) is 26.0 Å². The second-order valence-electron chi connectivity index (χ2n) is 3.15. The first-order chi connectivity index (χ1) is 5.70. The highest BCUT2D eigenvalue weighted by Crippen LogP contribution is 2.44. The van der Waals surface area contributed by atoms with E-state index in [2.05, 4.69) is 0 Å². The fraction of sp³-hybridized carbons (Fsp3) is 0.333. The molecular formula is C9H9ClFN. The molecule has 0 aliphatic heterocycles. The maximum atomic E-state index is 13.1. The second kappa shape index (κ2) is 2.63. The number of halogens is 2.